The van der Waals surface area contributed by atoms with Crippen molar-refractivity contribution in [1.29, 1.82) is 0 Å². The van der Waals surface area contributed by atoms with Gasteiger partial charge in [-0.3, -0.25) is 0 Å². The lowest BCUT2D eigenvalue weighted by Gasteiger charge is -2.16. The molecule has 4 heteroatoms. The summed E-state index contributed by atoms with van der Waals surface area (Å²) in [6, 6.07) is 10.8. The molecule has 2 aromatic rings. The van der Waals surface area contributed by atoms with E-state index >= 15 is 0 Å². The average molecular weight is 337 g/mol. The fourth-order valence-corrected chi connectivity index (χ4v) is 2.97. The van der Waals surface area contributed by atoms with Crippen molar-refractivity contribution in [3.63, 3.8) is 0 Å². The molecule has 3 nitrogen and oxygen atoms in total. The molecule has 108 valence electrons. The largest absolute Gasteiger partial charge is 0.496 e. The number of nitrogens with one attached hydrogen (secondary N) is 1. The van der Waals surface area contributed by atoms with Gasteiger partial charge in [0.05, 0.1) is 11.6 Å². The Balaban J connectivity index is 2.18. The van der Waals surface area contributed by atoms with Gasteiger partial charge in [0.25, 0.3) is 0 Å². The minimum Gasteiger partial charge on any atom is -0.496 e. The second kappa shape index (κ2) is 6.95. The number of methoxy groups -OCH3 is 1. The van der Waals surface area contributed by atoms with E-state index in [4.69, 9.17) is 4.74 Å². The monoisotopic (exact) mass is 336 g/mol. The minimum atomic E-state index is 0.358. The Morgan fingerprint density at radius 3 is 2.80 bits per heavy atom. The number of aromatic nitrogens is 1. The first-order chi connectivity index (χ1) is 9.65. The topological polar surface area (TPSA) is 26.2 Å². The van der Waals surface area contributed by atoms with Gasteiger partial charge in [0.1, 0.15) is 5.75 Å². The summed E-state index contributed by atoms with van der Waals surface area (Å²) < 4.78 is 8.54. The molecule has 0 amide bonds. The highest BCUT2D eigenvalue weighted by Gasteiger charge is 2.09. The molecule has 1 N–H and O–H groups in total. The van der Waals surface area contributed by atoms with Crippen molar-refractivity contribution in [1.82, 2.24) is 9.88 Å². The standard InChI is InChI=1S/C16H21BrN2O/c1-4-18-12(2)15-6-5-9-19(15)11-13-7-8-16(20-3)14(17)10-13/h5-10,12,18H,4,11H2,1-3H3. The zero-order chi connectivity index (χ0) is 14.5. The highest BCUT2D eigenvalue weighted by Crippen LogP contribution is 2.26. The number of ether oxygens (including phenoxy) is 1. The molecular weight excluding hydrogens is 316 g/mol. The molecule has 0 fully saturated rings. The van der Waals surface area contributed by atoms with Gasteiger partial charge in [-0.1, -0.05) is 13.0 Å². The zero-order valence-corrected chi connectivity index (χ0v) is 13.8. The molecule has 0 bridgehead atoms. The van der Waals surface area contributed by atoms with Gasteiger partial charge in [-0.2, -0.15) is 0 Å². The van der Waals surface area contributed by atoms with E-state index in [0.29, 0.717) is 6.04 Å². The van der Waals surface area contributed by atoms with Crippen LogP contribution >= 0.6 is 15.9 Å². The normalized spacial score (nSPS) is 12.4. The third-order valence-corrected chi connectivity index (χ3v) is 4.01. The van der Waals surface area contributed by atoms with Crippen LogP contribution < -0.4 is 10.1 Å². The van der Waals surface area contributed by atoms with Crippen LogP contribution in [0.5, 0.6) is 5.75 Å². The van der Waals surface area contributed by atoms with Crippen molar-refractivity contribution >= 4 is 15.9 Å². The molecule has 1 heterocycles. The molecule has 0 saturated carbocycles. The second-order valence-electron chi connectivity index (χ2n) is 4.81. The van der Waals surface area contributed by atoms with Gasteiger partial charge in [-0.25, -0.2) is 0 Å². The molecule has 0 aliphatic rings. The Bertz CT molecular complexity index is 565. The number of hydrogen-bond acceptors (Lipinski definition) is 2. The van der Waals surface area contributed by atoms with Crippen LogP contribution in [0.2, 0.25) is 0 Å². The van der Waals surface area contributed by atoms with Gasteiger partial charge in [0.2, 0.25) is 0 Å². The zero-order valence-electron chi connectivity index (χ0n) is 12.2. The maximum Gasteiger partial charge on any atom is 0.133 e. The fraction of sp³-hybridized carbons (Fsp3) is 0.375. The van der Waals surface area contributed by atoms with Crippen molar-refractivity contribution in [3.05, 3.63) is 52.3 Å². The Morgan fingerprint density at radius 2 is 2.15 bits per heavy atom. The van der Waals surface area contributed by atoms with Crippen LogP contribution in [0.15, 0.2) is 41.0 Å². The quantitative estimate of drug-likeness (QED) is 0.863. The molecule has 1 aromatic carbocycles. The lowest BCUT2D eigenvalue weighted by atomic mass is 10.2. The first kappa shape index (κ1) is 15.1. The molecule has 0 radical (unpaired) electrons. The number of halogens is 1. The van der Waals surface area contributed by atoms with Gasteiger partial charge >= 0.3 is 0 Å². The number of benzene rings is 1. The smallest absolute Gasteiger partial charge is 0.133 e. The van der Waals surface area contributed by atoms with Crippen molar-refractivity contribution in [2.45, 2.75) is 26.4 Å². The van der Waals surface area contributed by atoms with E-state index in [0.717, 1.165) is 23.3 Å². The minimum absolute atomic E-state index is 0.358. The molecule has 0 spiro atoms. The van der Waals surface area contributed by atoms with Crippen molar-refractivity contribution in [2.75, 3.05) is 13.7 Å². The Kier molecular flexibility index (Phi) is 5.26. The molecule has 0 saturated heterocycles. The Morgan fingerprint density at radius 1 is 1.35 bits per heavy atom. The Hall–Kier alpha value is -1.26. The average Bonchev–Trinajstić information content (AvgIpc) is 2.87. The number of hydrogen-bond donors (Lipinski definition) is 1. The van der Waals surface area contributed by atoms with E-state index in [1.165, 1.54) is 11.3 Å². The summed E-state index contributed by atoms with van der Waals surface area (Å²) in [5.74, 6) is 0.863. The maximum atomic E-state index is 5.27. The lowest BCUT2D eigenvalue weighted by molar-refractivity contribution is 0.412. The third-order valence-electron chi connectivity index (χ3n) is 3.39. The summed E-state index contributed by atoms with van der Waals surface area (Å²) >= 11 is 3.54. The summed E-state index contributed by atoms with van der Waals surface area (Å²) in [5.41, 5.74) is 2.55. The summed E-state index contributed by atoms with van der Waals surface area (Å²) in [6.07, 6.45) is 2.13. The van der Waals surface area contributed by atoms with Gasteiger partial charge < -0.3 is 14.6 Å². The maximum absolute atomic E-state index is 5.27. The molecule has 1 atom stereocenters. The highest BCUT2D eigenvalue weighted by molar-refractivity contribution is 9.10. The summed E-state index contributed by atoms with van der Waals surface area (Å²) in [6.45, 7) is 6.16. The van der Waals surface area contributed by atoms with Gasteiger partial charge in [-0.15, -0.1) is 0 Å². The predicted molar refractivity (Wildman–Crippen MR) is 86.3 cm³/mol. The van der Waals surface area contributed by atoms with Crippen LogP contribution in [0.3, 0.4) is 0 Å². The van der Waals surface area contributed by atoms with Gasteiger partial charge in [0, 0.05) is 24.5 Å². The first-order valence-corrected chi connectivity index (χ1v) is 7.65. The summed E-state index contributed by atoms with van der Waals surface area (Å²) in [7, 11) is 1.68. The lowest BCUT2D eigenvalue weighted by Crippen LogP contribution is -2.20. The van der Waals surface area contributed by atoms with Crippen LogP contribution in [-0.2, 0) is 6.54 Å². The van der Waals surface area contributed by atoms with Gasteiger partial charge in [-0.05, 0) is 59.2 Å². The second-order valence-corrected chi connectivity index (χ2v) is 5.66. The van der Waals surface area contributed by atoms with Crippen LogP contribution in [0, 0.1) is 0 Å². The van der Waals surface area contributed by atoms with E-state index in [1.807, 2.05) is 6.07 Å². The molecule has 0 aliphatic heterocycles. The Labute approximate surface area is 129 Å². The summed E-state index contributed by atoms with van der Waals surface area (Å²) in [4.78, 5) is 0. The summed E-state index contributed by atoms with van der Waals surface area (Å²) in [5, 5.41) is 3.45. The molecule has 20 heavy (non-hydrogen) atoms. The van der Waals surface area contributed by atoms with Crippen molar-refractivity contribution in [2.24, 2.45) is 0 Å². The molecule has 1 aromatic heterocycles. The molecule has 1 unspecified atom stereocenters. The van der Waals surface area contributed by atoms with Crippen LogP contribution in [0.1, 0.15) is 31.1 Å². The SMILES string of the molecule is CCNC(C)c1cccn1Cc1ccc(OC)c(Br)c1. The van der Waals surface area contributed by atoms with E-state index in [-0.39, 0.29) is 0 Å². The van der Waals surface area contributed by atoms with Gasteiger partial charge in [0.15, 0.2) is 0 Å². The number of rotatable bonds is 6. The van der Waals surface area contributed by atoms with E-state index in [9.17, 15) is 0 Å². The van der Waals surface area contributed by atoms with Crippen LogP contribution in [0.25, 0.3) is 0 Å². The molecule has 0 aliphatic carbocycles. The van der Waals surface area contributed by atoms with Crippen molar-refractivity contribution < 1.29 is 4.74 Å². The van der Waals surface area contributed by atoms with E-state index < -0.39 is 0 Å². The fourth-order valence-electron chi connectivity index (χ4n) is 2.38. The number of nitrogens with zero attached hydrogens (tertiary/aromatic N) is 1. The van der Waals surface area contributed by atoms with Crippen LogP contribution in [-0.4, -0.2) is 18.2 Å². The predicted octanol–water partition coefficient (Wildman–Crippen LogP) is 3.98. The molecule has 2 rings (SSSR count). The van der Waals surface area contributed by atoms with E-state index in [1.54, 1.807) is 7.11 Å². The first-order valence-electron chi connectivity index (χ1n) is 6.86. The molecular formula is C16H21BrN2O. The highest BCUT2D eigenvalue weighted by atomic mass is 79.9. The van der Waals surface area contributed by atoms with Crippen molar-refractivity contribution in [3.8, 4) is 5.75 Å². The van der Waals surface area contributed by atoms with E-state index in [2.05, 4.69) is 70.1 Å². The van der Waals surface area contributed by atoms with Crippen LogP contribution in [0.4, 0.5) is 0 Å². The third kappa shape index (κ3) is 3.44.